The van der Waals surface area contributed by atoms with Crippen LogP contribution in [0.2, 0.25) is 0 Å². The molecule has 0 radical (unpaired) electrons. The van der Waals surface area contributed by atoms with Crippen molar-refractivity contribution in [2.24, 2.45) is 16.5 Å². The van der Waals surface area contributed by atoms with Crippen molar-refractivity contribution in [1.29, 1.82) is 0 Å². The number of imidazole rings is 1. The number of nitrogens with one attached hydrogen (secondary N) is 1. The molecule has 0 aliphatic rings. The maximum absolute atomic E-state index is 12.2. The lowest BCUT2D eigenvalue weighted by atomic mass is 10.1. The molecule has 0 bridgehead atoms. The van der Waals surface area contributed by atoms with Crippen molar-refractivity contribution in [3.63, 3.8) is 0 Å². The fourth-order valence-electron chi connectivity index (χ4n) is 2.58. The Morgan fingerprint density at radius 1 is 1.18 bits per heavy atom. The number of nitrogen functional groups attached to an aromatic ring is 1. The minimum Gasteiger partial charge on any atom is -0.382 e. The number of amides is 1. The molecule has 1 aromatic carbocycles. The first kappa shape index (κ1) is 18.8. The number of guanidine groups is 1. The quantitative estimate of drug-likeness (QED) is 0.266. The normalized spacial score (nSPS) is 10.4. The topological polar surface area (TPSA) is 163 Å². The summed E-state index contributed by atoms with van der Waals surface area (Å²) in [4.78, 5) is 28.4. The van der Waals surface area contributed by atoms with E-state index >= 15 is 0 Å². The van der Waals surface area contributed by atoms with Crippen LogP contribution in [-0.2, 0) is 6.54 Å². The van der Waals surface area contributed by atoms with Gasteiger partial charge in [0, 0.05) is 31.0 Å². The molecule has 0 fully saturated rings. The molecule has 3 aromatic rings. The second kappa shape index (κ2) is 8.62. The van der Waals surface area contributed by atoms with E-state index in [1.54, 1.807) is 12.5 Å². The predicted octanol–water partition coefficient (Wildman–Crippen LogP) is 0.838. The number of nitrogens with two attached hydrogens (primary N) is 3. The van der Waals surface area contributed by atoms with Crippen molar-refractivity contribution in [2.75, 3.05) is 17.6 Å². The Kier molecular flexibility index (Phi) is 5.80. The van der Waals surface area contributed by atoms with Gasteiger partial charge >= 0.3 is 5.91 Å². The summed E-state index contributed by atoms with van der Waals surface area (Å²) in [6, 6.07) is 9.36. The Bertz CT molecular complexity index is 964. The van der Waals surface area contributed by atoms with E-state index in [0.717, 1.165) is 18.5 Å². The molecule has 3 rings (SSSR count). The number of hydrogen-bond acceptors (Lipinski definition) is 6. The van der Waals surface area contributed by atoms with E-state index in [9.17, 15) is 4.79 Å². The number of nitrogens with zero attached hydrogens (tertiary/aromatic N) is 5. The number of aliphatic imine (C=N–C) groups is 1. The van der Waals surface area contributed by atoms with Gasteiger partial charge in [0.1, 0.15) is 5.69 Å². The van der Waals surface area contributed by atoms with Crippen LogP contribution in [0, 0.1) is 0 Å². The molecule has 0 saturated carbocycles. The lowest BCUT2D eigenvalue weighted by Crippen LogP contribution is -2.25. The predicted molar refractivity (Wildman–Crippen MR) is 107 cm³/mol. The second-order valence-corrected chi connectivity index (χ2v) is 5.94. The molecule has 7 N–H and O–H groups in total. The van der Waals surface area contributed by atoms with E-state index in [1.807, 2.05) is 41.1 Å². The Balaban J connectivity index is 1.86. The minimum absolute atomic E-state index is 0.0493. The molecule has 0 aliphatic heterocycles. The first-order valence-corrected chi connectivity index (χ1v) is 8.61. The fourth-order valence-corrected chi connectivity index (χ4v) is 2.58. The van der Waals surface area contributed by atoms with Gasteiger partial charge < -0.3 is 27.1 Å². The summed E-state index contributed by atoms with van der Waals surface area (Å²) in [5, 5.41) is 3.24. The van der Waals surface area contributed by atoms with Crippen molar-refractivity contribution < 1.29 is 4.79 Å². The number of carbonyl (C=O) groups is 1. The van der Waals surface area contributed by atoms with Crippen LogP contribution in [-0.4, -0.2) is 37.9 Å². The Morgan fingerprint density at radius 2 is 1.96 bits per heavy atom. The zero-order chi connectivity index (χ0) is 19.9. The van der Waals surface area contributed by atoms with Crippen LogP contribution in [0.25, 0.3) is 11.3 Å². The largest absolute Gasteiger partial charge is 0.382 e. The third-order valence-electron chi connectivity index (χ3n) is 3.85. The van der Waals surface area contributed by atoms with Crippen molar-refractivity contribution in [3.05, 3.63) is 54.7 Å². The van der Waals surface area contributed by atoms with Gasteiger partial charge in [-0.2, -0.15) is 4.99 Å². The monoisotopic (exact) mass is 379 g/mol. The third-order valence-corrected chi connectivity index (χ3v) is 3.85. The molecule has 0 atom stereocenters. The molecule has 144 valence electrons. The average Bonchev–Trinajstić information content (AvgIpc) is 3.19. The van der Waals surface area contributed by atoms with E-state index in [1.165, 1.54) is 0 Å². The maximum atomic E-state index is 12.2. The van der Waals surface area contributed by atoms with Gasteiger partial charge in [-0.15, -0.1) is 0 Å². The van der Waals surface area contributed by atoms with Crippen molar-refractivity contribution in [2.45, 2.75) is 13.0 Å². The van der Waals surface area contributed by atoms with Crippen LogP contribution in [0.1, 0.15) is 16.9 Å². The summed E-state index contributed by atoms with van der Waals surface area (Å²) in [7, 11) is 0. The molecule has 10 heteroatoms. The fraction of sp³-hybridized carbons (Fsp3) is 0.167. The number of anilines is 2. The number of rotatable bonds is 7. The standard InChI is InChI=1S/C18H21N9O/c19-15-14(17(28)26-18(20)21)24-13(12-5-2-1-3-6-12)16(25-15)23-7-4-9-27-10-8-22-11-27/h1-3,5-6,8,10-11H,4,7,9H2,(H3,19,23,25)(H4,20,21,26,28). The molecule has 2 aromatic heterocycles. The smallest absolute Gasteiger partial charge is 0.302 e. The van der Waals surface area contributed by atoms with Gasteiger partial charge in [-0.25, -0.2) is 15.0 Å². The highest BCUT2D eigenvalue weighted by Crippen LogP contribution is 2.27. The lowest BCUT2D eigenvalue weighted by Gasteiger charge is -2.13. The highest BCUT2D eigenvalue weighted by molar-refractivity contribution is 6.03. The summed E-state index contributed by atoms with van der Waals surface area (Å²) in [5.74, 6) is -0.676. The maximum Gasteiger partial charge on any atom is 0.302 e. The molecule has 0 saturated heterocycles. The summed E-state index contributed by atoms with van der Waals surface area (Å²) >= 11 is 0. The lowest BCUT2D eigenvalue weighted by molar-refractivity contribution is 0.0999. The van der Waals surface area contributed by atoms with Crippen LogP contribution >= 0.6 is 0 Å². The molecule has 2 heterocycles. The molecule has 0 spiro atoms. The molecule has 0 aliphatic carbocycles. The van der Waals surface area contributed by atoms with Gasteiger partial charge in [0.15, 0.2) is 23.3 Å². The van der Waals surface area contributed by atoms with Crippen molar-refractivity contribution in [1.82, 2.24) is 19.5 Å². The van der Waals surface area contributed by atoms with E-state index in [0.29, 0.717) is 18.1 Å². The third kappa shape index (κ3) is 4.61. The molecule has 1 amide bonds. The minimum atomic E-state index is -0.742. The van der Waals surface area contributed by atoms with Crippen molar-refractivity contribution >= 4 is 23.5 Å². The summed E-state index contributed by atoms with van der Waals surface area (Å²) in [5.41, 5.74) is 17.7. The summed E-state index contributed by atoms with van der Waals surface area (Å²) < 4.78 is 1.98. The van der Waals surface area contributed by atoms with E-state index in [2.05, 4.69) is 25.3 Å². The first-order chi connectivity index (χ1) is 13.5. The zero-order valence-corrected chi connectivity index (χ0v) is 15.1. The Labute approximate surface area is 161 Å². The van der Waals surface area contributed by atoms with Gasteiger partial charge in [-0.3, -0.25) is 4.79 Å². The molecule has 10 nitrogen and oxygen atoms in total. The first-order valence-electron chi connectivity index (χ1n) is 8.61. The molecular weight excluding hydrogens is 358 g/mol. The molecule has 28 heavy (non-hydrogen) atoms. The highest BCUT2D eigenvalue weighted by atomic mass is 16.1. The van der Waals surface area contributed by atoms with Gasteiger partial charge in [0.25, 0.3) is 0 Å². The number of carbonyl (C=O) groups excluding carboxylic acids is 1. The van der Waals surface area contributed by atoms with Crippen LogP contribution in [0.3, 0.4) is 0 Å². The van der Waals surface area contributed by atoms with Crippen LogP contribution in [0.15, 0.2) is 54.0 Å². The van der Waals surface area contributed by atoms with Crippen LogP contribution in [0.4, 0.5) is 11.6 Å². The van der Waals surface area contributed by atoms with Gasteiger partial charge in [-0.1, -0.05) is 30.3 Å². The Morgan fingerprint density at radius 3 is 2.64 bits per heavy atom. The van der Waals surface area contributed by atoms with E-state index < -0.39 is 5.91 Å². The zero-order valence-electron chi connectivity index (χ0n) is 15.1. The molecule has 0 unspecified atom stereocenters. The Hall–Kier alpha value is -3.95. The average molecular weight is 379 g/mol. The summed E-state index contributed by atoms with van der Waals surface area (Å²) in [6.45, 7) is 1.44. The van der Waals surface area contributed by atoms with Crippen LogP contribution in [0.5, 0.6) is 0 Å². The van der Waals surface area contributed by atoms with Gasteiger partial charge in [0.05, 0.1) is 6.33 Å². The number of hydrogen-bond donors (Lipinski definition) is 4. The highest BCUT2D eigenvalue weighted by Gasteiger charge is 2.18. The van der Waals surface area contributed by atoms with Gasteiger partial charge in [0.2, 0.25) is 0 Å². The van der Waals surface area contributed by atoms with E-state index in [4.69, 9.17) is 17.2 Å². The summed E-state index contributed by atoms with van der Waals surface area (Å²) in [6.07, 6.45) is 6.23. The second-order valence-electron chi connectivity index (χ2n) is 5.94. The van der Waals surface area contributed by atoms with Gasteiger partial charge in [-0.05, 0) is 6.42 Å². The molecular formula is C18H21N9O. The SMILES string of the molecule is NC(N)=NC(=O)c1nc(-c2ccccc2)c(NCCCn2ccnc2)nc1N. The van der Waals surface area contributed by atoms with Crippen LogP contribution < -0.4 is 22.5 Å². The number of aryl methyl sites for hydroxylation is 1. The van der Waals surface area contributed by atoms with Crippen molar-refractivity contribution in [3.8, 4) is 11.3 Å². The van der Waals surface area contributed by atoms with E-state index in [-0.39, 0.29) is 17.5 Å². The number of benzene rings is 1. The number of aromatic nitrogens is 4.